The summed E-state index contributed by atoms with van der Waals surface area (Å²) in [6.07, 6.45) is 0. The van der Waals surface area contributed by atoms with Crippen LogP contribution in [0.15, 0.2) is 52.9 Å². The third kappa shape index (κ3) is 3.65. The van der Waals surface area contributed by atoms with E-state index in [2.05, 4.69) is 4.72 Å². The summed E-state index contributed by atoms with van der Waals surface area (Å²) in [5, 5.41) is 9.71. The van der Waals surface area contributed by atoms with Crippen molar-refractivity contribution in [3.8, 4) is 6.07 Å². The molecule has 0 aliphatic carbocycles. The van der Waals surface area contributed by atoms with Gasteiger partial charge in [-0.3, -0.25) is 4.72 Å². The third-order valence-corrected chi connectivity index (χ3v) is 4.65. The molecule has 0 bridgehead atoms. The van der Waals surface area contributed by atoms with E-state index >= 15 is 0 Å². The zero-order chi connectivity index (χ0) is 16.4. The maximum atomic E-state index is 12.2. The molecule has 1 N–H and O–H groups in total. The Morgan fingerprint density at radius 2 is 1.87 bits per heavy atom. The number of furan rings is 1. The van der Waals surface area contributed by atoms with Gasteiger partial charge in [-0.15, -0.1) is 0 Å². The molecule has 0 aliphatic rings. The molecule has 0 radical (unpaired) electrons. The number of nitriles is 1. The second-order valence-corrected chi connectivity index (χ2v) is 7.07. The zero-order valence-electron chi connectivity index (χ0n) is 11.8. The highest BCUT2D eigenvalue weighted by molar-refractivity contribution is 7.91. The van der Waals surface area contributed by atoms with E-state index in [-0.39, 0.29) is 11.0 Å². The number of hydrogen-bond donors (Lipinski definition) is 1. The lowest BCUT2D eigenvalue weighted by Gasteiger charge is -2.08. The normalized spacial score (nSPS) is 11.3. The van der Waals surface area contributed by atoms with Gasteiger partial charge in [-0.2, -0.15) is 5.26 Å². The van der Waals surface area contributed by atoms with Crippen LogP contribution < -0.4 is 4.72 Å². The first-order chi connectivity index (χ1) is 10.9. The van der Waals surface area contributed by atoms with Gasteiger partial charge in [0.05, 0.1) is 17.4 Å². The SMILES string of the molecule is N#Cc1ccc(CS(=O)(=O)Nc2ccc3oc(Cl)cc3c2)cc1. The molecule has 5 nitrogen and oxygen atoms in total. The van der Waals surface area contributed by atoms with Crippen molar-refractivity contribution in [3.63, 3.8) is 0 Å². The van der Waals surface area contributed by atoms with Crippen LogP contribution >= 0.6 is 11.6 Å². The molecule has 0 saturated heterocycles. The second kappa shape index (κ2) is 5.95. The molecule has 0 spiro atoms. The monoisotopic (exact) mass is 346 g/mol. The Morgan fingerprint density at radius 1 is 1.13 bits per heavy atom. The Labute approximate surface area is 138 Å². The average Bonchev–Trinajstić information content (AvgIpc) is 2.86. The van der Waals surface area contributed by atoms with Crippen molar-refractivity contribution in [3.05, 3.63) is 64.9 Å². The smallest absolute Gasteiger partial charge is 0.236 e. The molecule has 0 saturated carbocycles. The summed E-state index contributed by atoms with van der Waals surface area (Å²) in [4.78, 5) is 0. The van der Waals surface area contributed by atoms with Crippen molar-refractivity contribution in [1.82, 2.24) is 0 Å². The van der Waals surface area contributed by atoms with Crippen molar-refractivity contribution >= 4 is 38.3 Å². The van der Waals surface area contributed by atoms with E-state index < -0.39 is 10.0 Å². The minimum Gasteiger partial charge on any atom is -0.445 e. The largest absolute Gasteiger partial charge is 0.445 e. The molecule has 1 heterocycles. The standard InChI is InChI=1S/C16H11ClN2O3S/c17-16-8-13-7-14(5-6-15(13)22-16)19-23(20,21)10-12-3-1-11(9-18)2-4-12/h1-8,19H,10H2. The molecule has 116 valence electrons. The van der Waals surface area contributed by atoms with Crippen molar-refractivity contribution in [2.45, 2.75) is 5.75 Å². The Morgan fingerprint density at radius 3 is 2.57 bits per heavy atom. The molecule has 0 atom stereocenters. The van der Waals surface area contributed by atoms with E-state index in [1.807, 2.05) is 6.07 Å². The van der Waals surface area contributed by atoms with Crippen molar-refractivity contribution in [2.75, 3.05) is 4.72 Å². The highest BCUT2D eigenvalue weighted by Crippen LogP contribution is 2.26. The summed E-state index contributed by atoms with van der Waals surface area (Å²) < 4.78 is 32.2. The van der Waals surface area contributed by atoms with Crippen molar-refractivity contribution in [2.24, 2.45) is 0 Å². The summed E-state index contributed by atoms with van der Waals surface area (Å²) in [7, 11) is -3.57. The predicted octanol–water partition coefficient (Wildman–Crippen LogP) is 3.90. The molecule has 7 heteroatoms. The number of halogens is 1. The Kier molecular flexibility index (Phi) is 3.99. The van der Waals surface area contributed by atoms with Crippen LogP contribution in [0.1, 0.15) is 11.1 Å². The Hall–Kier alpha value is -2.49. The molecule has 23 heavy (non-hydrogen) atoms. The number of nitrogens with zero attached hydrogens (tertiary/aromatic N) is 1. The van der Waals surface area contributed by atoms with Gasteiger partial charge in [0.15, 0.2) is 5.22 Å². The number of anilines is 1. The first-order valence-corrected chi connectivity index (χ1v) is 8.67. The van der Waals surface area contributed by atoms with Crippen molar-refractivity contribution in [1.29, 1.82) is 5.26 Å². The maximum Gasteiger partial charge on any atom is 0.236 e. The van der Waals surface area contributed by atoms with Crippen LogP contribution in [0.2, 0.25) is 5.22 Å². The van der Waals surface area contributed by atoms with E-state index in [1.165, 1.54) is 0 Å². The van der Waals surface area contributed by atoms with Gasteiger partial charge in [0.1, 0.15) is 5.58 Å². The van der Waals surface area contributed by atoms with Gasteiger partial charge in [0, 0.05) is 17.1 Å². The van der Waals surface area contributed by atoms with Gasteiger partial charge in [0.25, 0.3) is 0 Å². The van der Waals surface area contributed by atoms with E-state index in [9.17, 15) is 8.42 Å². The van der Waals surface area contributed by atoms with E-state index in [1.54, 1.807) is 48.5 Å². The maximum absolute atomic E-state index is 12.2. The molecule has 0 aliphatic heterocycles. The molecule has 0 unspecified atom stereocenters. The fourth-order valence-corrected chi connectivity index (χ4v) is 3.58. The predicted molar refractivity (Wildman–Crippen MR) is 88.6 cm³/mol. The lowest BCUT2D eigenvalue weighted by molar-refractivity contribution is 0.600. The third-order valence-electron chi connectivity index (χ3n) is 3.20. The topological polar surface area (TPSA) is 83.1 Å². The number of hydrogen-bond acceptors (Lipinski definition) is 4. The first-order valence-electron chi connectivity index (χ1n) is 6.64. The summed E-state index contributed by atoms with van der Waals surface area (Å²) in [6, 6.07) is 14.9. The van der Waals surface area contributed by atoms with Crippen LogP contribution in [0.5, 0.6) is 0 Å². The fourth-order valence-electron chi connectivity index (χ4n) is 2.19. The van der Waals surface area contributed by atoms with Gasteiger partial charge in [-0.25, -0.2) is 8.42 Å². The lowest BCUT2D eigenvalue weighted by Crippen LogP contribution is -2.15. The summed E-state index contributed by atoms with van der Waals surface area (Å²) in [5.74, 6) is -0.178. The van der Waals surface area contributed by atoms with E-state index in [0.717, 1.165) is 0 Å². The van der Waals surface area contributed by atoms with Gasteiger partial charge in [0.2, 0.25) is 10.0 Å². The molecule has 1 aromatic heterocycles. The lowest BCUT2D eigenvalue weighted by atomic mass is 10.2. The Bertz CT molecular complexity index is 1000. The van der Waals surface area contributed by atoms with Gasteiger partial charge < -0.3 is 4.42 Å². The number of sulfonamides is 1. The number of benzene rings is 2. The molecule has 2 aromatic carbocycles. The second-order valence-electron chi connectivity index (χ2n) is 4.97. The highest BCUT2D eigenvalue weighted by atomic mass is 35.5. The number of nitrogens with one attached hydrogen (secondary N) is 1. The van der Waals surface area contributed by atoms with Gasteiger partial charge in [-0.1, -0.05) is 12.1 Å². The van der Waals surface area contributed by atoms with E-state index in [0.29, 0.717) is 27.8 Å². The minimum absolute atomic E-state index is 0.178. The molecule has 3 aromatic rings. The van der Waals surface area contributed by atoms with Crippen LogP contribution in [0.25, 0.3) is 11.0 Å². The van der Waals surface area contributed by atoms with Crippen molar-refractivity contribution < 1.29 is 12.8 Å². The molecular formula is C16H11ClN2O3S. The van der Waals surface area contributed by atoms with Crippen LogP contribution in [-0.2, 0) is 15.8 Å². The molecular weight excluding hydrogens is 336 g/mol. The summed E-state index contributed by atoms with van der Waals surface area (Å²) in [6.45, 7) is 0. The van der Waals surface area contributed by atoms with Crippen LogP contribution in [0.4, 0.5) is 5.69 Å². The highest BCUT2D eigenvalue weighted by Gasteiger charge is 2.13. The number of rotatable bonds is 4. The van der Waals surface area contributed by atoms with Crippen LogP contribution in [0, 0.1) is 11.3 Å². The summed E-state index contributed by atoms with van der Waals surface area (Å²) in [5.41, 5.74) is 2.11. The zero-order valence-corrected chi connectivity index (χ0v) is 13.4. The first kappa shape index (κ1) is 15.4. The van der Waals surface area contributed by atoms with E-state index in [4.69, 9.17) is 21.3 Å². The number of fused-ring (bicyclic) bond motifs is 1. The average molecular weight is 347 g/mol. The molecule has 3 rings (SSSR count). The fraction of sp³-hybridized carbons (Fsp3) is 0.0625. The molecule has 0 amide bonds. The summed E-state index contributed by atoms with van der Waals surface area (Å²) >= 11 is 5.77. The minimum atomic E-state index is -3.57. The Balaban J connectivity index is 1.79. The van der Waals surface area contributed by atoms with Gasteiger partial charge in [-0.05, 0) is 47.5 Å². The van der Waals surface area contributed by atoms with Crippen LogP contribution in [0.3, 0.4) is 0 Å². The quantitative estimate of drug-likeness (QED) is 0.776. The van der Waals surface area contributed by atoms with Gasteiger partial charge >= 0.3 is 0 Å². The van der Waals surface area contributed by atoms with Crippen LogP contribution in [-0.4, -0.2) is 8.42 Å². The molecule has 0 fully saturated rings.